The second kappa shape index (κ2) is 9.13. The minimum absolute atomic E-state index is 0.0111. The lowest BCUT2D eigenvalue weighted by molar-refractivity contribution is 0.0699. The predicted octanol–water partition coefficient (Wildman–Crippen LogP) is 5.89. The minimum atomic E-state index is -0.665. The monoisotopic (exact) mass is 567 g/mol. The lowest BCUT2D eigenvalue weighted by atomic mass is 10.0. The number of benzene rings is 2. The molecule has 4 heterocycles. The first kappa shape index (κ1) is 25.5. The zero-order valence-corrected chi connectivity index (χ0v) is 23.2. The molecule has 1 amide bonds. The first-order valence-electron chi connectivity index (χ1n) is 14.6. The number of aromatic hydroxyl groups is 1. The molecule has 3 fully saturated rings. The van der Waals surface area contributed by atoms with Gasteiger partial charge in [0.2, 0.25) is 0 Å². The molecule has 2 bridgehead atoms. The van der Waals surface area contributed by atoms with Crippen LogP contribution in [0.5, 0.6) is 5.75 Å². The number of aryl methyl sites for hydroxylation is 1. The van der Waals surface area contributed by atoms with E-state index >= 15 is 4.39 Å². The van der Waals surface area contributed by atoms with Crippen LogP contribution in [0.2, 0.25) is 0 Å². The number of carbonyl (C=O) groups excluding carboxylic acids is 1. The highest BCUT2D eigenvalue weighted by Gasteiger charge is 2.47. The van der Waals surface area contributed by atoms with Crippen LogP contribution < -0.4 is 5.73 Å². The zero-order valence-electron chi connectivity index (χ0n) is 23.2. The van der Waals surface area contributed by atoms with Gasteiger partial charge >= 0.3 is 0 Å². The molecule has 8 rings (SSSR count). The summed E-state index contributed by atoms with van der Waals surface area (Å²) in [5, 5.41) is 15.5. The van der Waals surface area contributed by atoms with Crippen LogP contribution in [0.3, 0.4) is 0 Å². The summed E-state index contributed by atoms with van der Waals surface area (Å²) in [5.74, 6) is -0.860. The number of rotatable bonds is 5. The second-order valence-corrected chi connectivity index (χ2v) is 12.3. The van der Waals surface area contributed by atoms with Crippen LogP contribution in [0, 0.1) is 30.4 Å². The molecule has 7 nitrogen and oxygen atoms in total. The average molecular weight is 568 g/mol. The number of aromatic nitrogens is 3. The van der Waals surface area contributed by atoms with Crippen molar-refractivity contribution in [2.45, 2.75) is 51.2 Å². The highest BCUT2D eigenvalue weighted by molar-refractivity contribution is 5.95. The Morgan fingerprint density at radius 1 is 1.02 bits per heavy atom. The summed E-state index contributed by atoms with van der Waals surface area (Å²) in [5.41, 5.74) is 11.7. The van der Waals surface area contributed by atoms with Gasteiger partial charge in [-0.25, -0.2) is 13.3 Å². The van der Waals surface area contributed by atoms with Crippen LogP contribution in [0.25, 0.3) is 38.9 Å². The van der Waals surface area contributed by atoms with Gasteiger partial charge in [0.15, 0.2) is 11.6 Å². The molecule has 2 aromatic carbocycles. The van der Waals surface area contributed by atoms with Crippen molar-refractivity contribution in [3.05, 3.63) is 77.5 Å². The highest BCUT2D eigenvalue weighted by atomic mass is 19.1. The Balaban J connectivity index is 1.23. The summed E-state index contributed by atoms with van der Waals surface area (Å²) in [6.07, 6.45) is 5.86. The number of hydrogen-bond donors (Lipinski definition) is 2. The van der Waals surface area contributed by atoms with E-state index in [0.717, 1.165) is 54.4 Å². The van der Waals surface area contributed by atoms with Crippen molar-refractivity contribution in [3.8, 4) is 28.3 Å². The first-order valence-corrected chi connectivity index (χ1v) is 14.6. The number of likely N-dealkylation sites (tertiary alicyclic amines) is 1. The Labute approximate surface area is 241 Å². The molecule has 9 heteroatoms. The van der Waals surface area contributed by atoms with E-state index in [9.17, 15) is 14.3 Å². The minimum Gasteiger partial charge on any atom is -0.505 e. The number of carbonyl (C=O) groups is 1. The van der Waals surface area contributed by atoms with Gasteiger partial charge in [-0.1, -0.05) is 18.2 Å². The molecule has 3 N–H and O–H groups in total. The number of fused-ring (bicyclic) bond motifs is 4. The van der Waals surface area contributed by atoms with Gasteiger partial charge in [0, 0.05) is 47.8 Å². The van der Waals surface area contributed by atoms with Crippen LogP contribution in [0.1, 0.15) is 41.6 Å². The fourth-order valence-corrected chi connectivity index (χ4v) is 7.15. The molecule has 1 saturated heterocycles. The molecule has 0 radical (unpaired) electrons. The standard InChI is InChI=1S/C33H31F2N5O2/c1-17-31(37-40-16-23(11-25(35)32(17)40)33(42)39-15-22-6-8-26(39)30(22)36)28-13-21-5-4-20(19-7-9-29(41)24(34)10-19)12-27(21)38(28)14-18-2-3-18/h4-5,7,9-13,16,18,22,26,30,41H,2-3,6,8,14-15,36H2,1H3/t22?,26?,30-/m1/s1. The van der Waals surface area contributed by atoms with E-state index in [2.05, 4.69) is 10.6 Å². The summed E-state index contributed by atoms with van der Waals surface area (Å²) in [4.78, 5) is 15.3. The summed E-state index contributed by atoms with van der Waals surface area (Å²) in [6, 6.07) is 13.8. The van der Waals surface area contributed by atoms with Crippen molar-refractivity contribution in [2.75, 3.05) is 6.54 Å². The van der Waals surface area contributed by atoms with Gasteiger partial charge in [0.1, 0.15) is 17.0 Å². The Morgan fingerprint density at radius 2 is 1.81 bits per heavy atom. The zero-order chi connectivity index (χ0) is 28.9. The van der Waals surface area contributed by atoms with E-state index in [-0.39, 0.29) is 29.3 Å². The van der Waals surface area contributed by atoms with Crippen molar-refractivity contribution in [3.63, 3.8) is 0 Å². The molecule has 0 spiro atoms. The van der Waals surface area contributed by atoms with Gasteiger partial charge in [-0.15, -0.1) is 0 Å². The molecule has 2 unspecified atom stereocenters. The largest absolute Gasteiger partial charge is 0.505 e. The number of halogens is 2. The lowest BCUT2D eigenvalue weighted by Gasteiger charge is -2.27. The molecule has 3 atom stereocenters. The Morgan fingerprint density at radius 3 is 2.52 bits per heavy atom. The smallest absolute Gasteiger partial charge is 0.255 e. The molecule has 1 aliphatic heterocycles. The maximum absolute atomic E-state index is 15.7. The van der Waals surface area contributed by atoms with Crippen LogP contribution >= 0.6 is 0 Å². The molecule has 3 aromatic heterocycles. The van der Waals surface area contributed by atoms with Gasteiger partial charge < -0.3 is 20.3 Å². The number of nitrogens with zero attached hydrogens (tertiary/aromatic N) is 4. The topological polar surface area (TPSA) is 88.8 Å². The molecule has 214 valence electrons. The predicted molar refractivity (Wildman–Crippen MR) is 156 cm³/mol. The van der Waals surface area contributed by atoms with Gasteiger partial charge in [0.05, 0.1) is 11.3 Å². The molecule has 2 aliphatic carbocycles. The summed E-state index contributed by atoms with van der Waals surface area (Å²) >= 11 is 0. The Kier molecular flexibility index (Phi) is 5.54. The number of piperidine rings is 1. The molecule has 5 aromatic rings. The number of amides is 1. The van der Waals surface area contributed by atoms with E-state index in [1.165, 1.54) is 22.7 Å². The second-order valence-electron chi connectivity index (χ2n) is 12.3. The van der Waals surface area contributed by atoms with Crippen molar-refractivity contribution in [2.24, 2.45) is 17.6 Å². The summed E-state index contributed by atoms with van der Waals surface area (Å²) in [6.45, 7) is 3.28. The fraction of sp³-hybridized carbons (Fsp3) is 0.333. The molecule has 2 saturated carbocycles. The Hall–Kier alpha value is -4.24. The van der Waals surface area contributed by atoms with Crippen molar-refractivity contribution in [1.82, 2.24) is 19.1 Å². The van der Waals surface area contributed by atoms with Crippen molar-refractivity contribution in [1.29, 1.82) is 0 Å². The van der Waals surface area contributed by atoms with E-state index in [1.54, 1.807) is 12.3 Å². The Bertz CT molecular complexity index is 1920. The maximum Gasteiger partial charge on any atom is 0.255 e. The van der Waals surface area contributed by atoms with Gasteiger partial charge in [-0.05, 0) is 85.9 Å². The van der Waals surface area contributed by atoms with Crippen LogP contribution in [0.15, 0.2) is 54.7 Å². The van der Waals surface area contributed by atoms with Crippen molar-refractivity contribution >= 4 is 22.3 Å². The SMILES string of the molecule is Cc1c(-c2cc3ccc(-c4ccc(O)c(F)c4)cc3n2CC2CC2)nn2cc(C(=O)N3CC4CCC3[C@@H]4N)cc(F)c12. The number of phenolic OH excluding ortho intramolecular Hbond substituents is 1. The molecule has 42 heavy (non-hydrogen) atoms. The van der Waals surface area contributed by atoms with Gasteiger partial charge in [0.25, 0.3) is 5.91 Å². The third kappa shape index (κ3) is 3.86. The van der Waals surface area contributed by atoms with E-state index in [4.69, 9.17) is 10.8 Å². The normalized spacial score (nSPS) is 21.7. The summed E-state index contributed by atoms with van der Waals surface area (Å²) in [7, 11) is 0. The van der Waals surface area contributed by atoms with Crippen LogP contribution in [0.4, 0.5) is 8.78 Å². The third-order valence-electron chi connectivity index (χ3n) is 9.64. The number of hydrogen-bond acceptors (Lipinski definition) is 4. The van der Waals surface area contributed by atoms with E-state index < -0.39 is 11.6 Å². The maximum atomic E-state index is 15.7. The number of pyridine rings is 1. The summed E-state index contributed by atoms with van der Waals surface area (Å²) < 4.78 is 33.5. The van der Waals surface area contributed by atoms with Crippen molar-refractivity contribution < 1.29 is 18.7 Å². The van der Waals surface area contributed by atoms with E-state index in [1.807, 2.05) is 30.0 Å². The number of phenols is 1. The quantitative estimate of drug-likeness (QED) is 0.277. The fourth-order valence-electron chi connectivity index (χ4n) is 7.15. The highest BCUT2D eigenvalue weighted by Crippen LogP contribution is 2.40. The third-order valence-corrected chi connectivity index (χ3v) is 9.64. The van der Waals surface area contributed by atoms with Gasteiger partial charge in [-0.2, -0.15) is 5.10 Å². The first-order chi connectivity index (χ1) is 20.3. The van der Waals surface area contributed by atoms with Gasteiger partial charge in [-0.3, -0.25) is 4.79 Å². The lowest BCUT2D eigenvalue weighted by Crippen LogP contribution is -2.41. The average Bonchev–Trinajstić information content (AvgIpc) is 3.38. The molecular weight excluding hydrogens is 536 g/mol. The number of nitrogens with two attached hydrogens (primary N) is 1. The van der Waals surface area contributed by atoms with E-state index in [0.29, 0.717) is 40.7 Å². The van der Waals surface area contributed by atoms with Crippen LogP contribution in [-0.4, -0.2) is 48.7 Å². The molecule has 3 aliphatic rings. The molecular formula is C33H31F2N5O2. The van der Waals surface area contributed by atoms with Crippen LogP contribution in [-0.2, 0) is 6.54 Å².